The average molecular weight is 326 g/mol. The number of ether oxygens (including phenoxy) is 1. The molecule has 24 heavy (non-hydrogen) atoms. The van der Waals surface area contributed by atoms with Gasteiger partial charge in [0.25, 0.3) is 0 Å². The molecule has 6 rings (SSSR count). The van der Waals surface area contributed by atoms with Crippen LogP contribution in [0.3, 0.4) is 0 Å². The van der Waals surface area contributed by atoms with Gasteiger partial charge in [0.15, 0.2) is 0 Å². The topological polar surface area (TPSA) is 26.3 Å². The molecule has 6 bridgehead atoms. The summed E-state index contributed by atoms with van der Waals surface area (Å²) in [5.74, 6) is 9.48. The van der Waals surface area contributed by atoms with Gasteiger partial charge in [0.05, 0.1) is 0 Å². The first kappa shape index (κ1) is 14.4. The minimum absolute atomic E-state index is 0.158. The van der Waals surface area contributed by atoms with Crippen molar-refractivity contribution in [3.05, 3.63) is 12.7 Å². The van der Waals surface area contributed by atoms with Gasteiger partial charge in [0, 0.05) is 12.0 Å². The molecule has 6 saturated carbocycles. The quantitative estimate of drug-likeness (QED) is 0.435. The third kappa shape index (κ3) is 1.45. The van der Waals surface area contributed by atoms with Crippen LogP contribution in [-0.2, 0) is 9.53 Å². The summed E-state index contributed by atoms with van der Waals surface area (Å²) in [6.45, 7) is 5.87. The first-order chi connectivity index (χ1) is 11.7. The predicted molar refractivity (Wildman–Crippen MR) is 91.9 cm³/mol. The van der Waals surface area contributed by atoms with E-state index in [1.807, 2.05) is 0 Å². The number of rotatable bonds is 3. The second kappa shape index (κ2) is 4.48. The molecule has 0 saturated heterocycles. The van der Waals surface area contributed by atoms with E-state index in [9.17, 15) is 4.79 Å². The van der Waals surface area contributed by atoms with Gasteiger partial charge in [0.1, 0.15) is 5.60 Å². The van der Waals surface area contributed by atoms with E-state index < -0.39 is 0 Å². The maximum Gasteiger partial charge on any atom is 0.330 e. The Balaban J connectivity index is 1.35. The van der Waals surface area contributed by atoms with Crippen molar-refractivity contribution in [1.82, 2.24) is 0 Å². The lowest BCUT2D eigenvalue weighted by Crippen LogP contribution is -2.50. The van der Waals surface area contributed by atoms with Gasteiger partial charge in [0.2, 0.25) is 0 Å². The molecule has 0 heterocycles. The Morgan fingerprint density at radius 3 is 2.38 bits per heavy atom. The summed E-state index contributed by atoms with van der Waals surface area (Å²) in [6.07, 6.45) is 11.0. The molecule has 11 atom stereocenters. The van der Waals surface area contributed by atoms with E-state index in [1.54, 1.807) is 6.42 Å². The summed E-state index contributed by atoms with van der Waals surface area (Å²) in [6, 6.07) is 0. The summed E-state index contributed by atoms with van der Waals surface area (Å²) in [5.41, 5.74) is -0.158. The van der Waals surface area contributed by atoms with Crippen LogP contribution in [0, 0.1) is 59.2 Å². The third-order valence-electron chi connectivity index (χ3n) is 9.93. The summed E-state index contributed by atoms with van der Waals surface area (Å²) < 4.78 is 6.06. The molecule has 11 unspecified atom stereocenters. The second-order valence-corrected chi connectivity index (χ2v) is 10.1. The normalized spacial score (nSPS) is 61.2. The van der Waals surface area contributed by atoms with Crippen LogP contribution in [0.5, 0.6) is 0 Å². The lowest BCUT2D eigenvalue weighted by Gasteiger charge is -2.50. The van der Waals surface area contributed by atoms with Crippen LogP contribution in [0.25, 0.3) is 0 Å². The highest BCUT2D eigenvalue weighted by atomic mass is 16.6. The first-order valence-corrected chi connectivity index (χ1v) is 10.5. The van der Waals surface area contributed by atoms with Gasteiger partial charge < -0.3 is 4.74 Å². The molecule has 2 heteroatoms. The van der Waals surface area contributed by atoms with E-state index in [0.717, 1.165) is 66.1 Å². The molecule has 6 fully saturated rings. The van der Waals surface area contributed by atoms with E-state index in [4.69, 9.17) is 4.74 Å². The maximum absolute atomic E-state index is 12.0. The highest BCUT2D eigenvalue weighted by Gasteiger charge is 2.74. The van der Waals surface area contributed by atoms with Crippen LogP contribution in [0.4, 0.5) is 0 Å². The van der Waals surface area contributed by atoms with Crippen molar-refractivity contribution in [3.8, 4) is 0 Å². The minimum Gasteiger partial charge on any atom is -0.456 e. The van der Waals surface area contributed by atoms with Crippen LogP contribution in [-0.4, -0.2) is 11.6 Å². The fourth-order valence-corrected chi connectivity index (χ4v) is 9.77. The largest absolute Gasteiger partial charge is 0.456 e. The number of carbonyl (C=O) groups excluding carboxylic acids is 1. The lowest BCUT2D eigenvalue weighted by molar-refractivity contribution is -0.168. The van der Waals surface area contributed by atoms with Crippen molar-refractivity contribution in [2.45, 2.75) is 57.5 Å². The Morgan fingerprint density at radius 2 is 1.71 bits per heavy atom. The molecule has 2 nitrogen and oxygen atoms in total. The molecule has 0 aromatic rings. The number of fused-ring (bicyclic) bond motifs is 16. The van der Waals surface area contributed by atoms with Crippen molar-refractivity contribution in [2.24, 2.45) is 59.2 Å². The number of carbonyl (C=O) groups is 1. The van der Waals surface area contributed by atoms with Gasteiger partial charge in [-0.3, -0.25) is 0 Å². The smallest absolute Gasteiger partial charge is 0.330 e. The Bertz CT molecular complexity index is 611. The zero-order valence-corrected chi connectivity index (χ0v) is 14.8. The Morgan fingerprint density at radius 1 is 1.04 bits per heavy atom. The van der Waals surface area contributed by atoms with E-state index >= 15 is 0 Å². The molecule has 0 spiro atoms. The summed E-state index contributed by atoms with van der Waals surface area (Å²) >= 11 is 0. The lowest BCUT2D eigenvalue weighted by atomic mass is 9.57. The van der Waals surface area contributed by atoms with E-state index in [2.05, 4.69) is 13.5 Å². The van der Waals surface area contributed by atoms with Gasteiger partial charge in [-0.05, 0) is 98.2 Å². The number of hydrogen-bond acceptors (Lipinski definition) is 2. The molecule has 6 aliphatic rings. The zero-order valence-electron chi connectivity index (χ0n) is 14.8. The van der Waals surface area contributed by atoms with Gasteiger partial charge in [-0.1, -0.05) is 13.5 Å². The number of esters is 1. The molecule has 6 aliphatic carbocycles. The number of hydrogen-bond donors (Lipinski definition) is 0. The Kier molecular flexibility index (Phi) is 2.69. The fraction of sp³-hybridized carbons (Fsp3) is 0.864. The van der Waals surface area contributed by atoms with E-state index in [1.165, 1.54) is 31.8 Å². The Labute approximate surface area is 145 Å². The molecular weight excluding hydrogens is 296 g/mol. The molecule has 0 N–H and O–H groups in total. The van der Waals surface area contributed by atoms with Crippen LogP contribution < -0.4 is 0 Å². The van der Waals surface area contributed by atoms with Crippen molar-refractivity contribution in [1.29, 1.82) is 0 Å². The van der Waals surface area contributed by atoms with Gasteiger partial charge >= 0.3 is 5.97 Å². The fourth-order valence-electron chi connectivity index (χ4n) is 9.77. The van der Waals surface area contributed by atoms with Gasteiger partial charge in [-0.25, -0.2) is 4.79 Å². The van der Waals surface area contributed by atoms with Crippen LogP contribution >= 0.6 is 0 Å². The molecule has 0 aromatic carbocycles. The second-order valence-electron chi connectivity index (χ2n) is 10.1. The molecule has 0 amide bonds. The van der Waals surface area contributed by atoms with E-state index in [0.29, 0.717) is 5.92 Å². The highest BCUT2D eigenvalue weighted by molar-refractivity contribution is 5.81. The molecule has 0 radical (unpaired) electrons. The van der Waals surface area contributed by atoms with Crippen molar-refractivity contribution in [3.63, 3.8) is 0 Å². The Hall–Kier alpha value is -0.790. The summed E-state index contributed by atoms with van der Waals surface area (Å²) in [5, 5.41) is 0. The molecule has 130 valence electrons. The maximum atomic E-state index is 12.0. The van der Waals surface area contributed by atoms with Crippen molar-refractivity contribution < 1.29 is 9.53 Å². The van der Waals surface area contributed by atoms with Crippen LogP contribution in [0.2, 0.25) is 0 Å². The molecule has 0 aliphatic heterocycles. The summed E-state index contributed by atoms with van der Waals surface area (Å²) in [7, 11) is 0. The zero-order chi connectivity index (χ0) is 16.2. The predicted octanol–water partition coefficient (Wildman–Crippen LogP) is 4.45. The van der Waals surface area contributed by atoms with Crippen molar-refractivity contribution in [2.75, 3.05) is 0 Å². The highest BCUT2D eigenvalue weighted by Crippen LogP contribution is 2.78. The average Bonchev–Trinajstić information content (AvgIpc) is 3.38. The first-order valence-electron chi connectivity index (χ1n) is 10.5. The monoisotopic (exact) mass is 326 g/mol. The van der Waals surface area contributed by atoms with Crippen LogP contribution in [0.1, 0.15) is 51.9 Å². The summed E-state index contributed by atoms with van der Waals surface area (Å²) in [4.78, 5) is 12.0. The van der Waals surface area contributed by atoms with Crippen molar-refractivity contribution >= 4 is 5.97 Å². The minimum atomic E-state index is -0.193. The SMILES string of the molecule is C=CC(=O)OC1(CC)CC2CC1C1C3CC(C4C5CCC(C5)C34)C21. The molecule has 0 aromatic heterocycles. The van der Waals surface area contributed by atoms with Crippen LogP contribution in [0.15, 0.2) is 12.7 Å². The third-order valence-corrected chi connectivity index (χ3v) is 9.93. The van der Waals surface area contributed by atoms with Gasteiger partial charge in [-0.2, -0.15) is 0 Å². The van der Waals surface area contributed by atoms with E-state index in [-0.39, 0.29) is 11.6 Å². The molecular formula is C22H30O2. The van der Waals surface area contributed by atoms with Gasteiger partial charge in [-0.15, -0.1) is 0 Å². The standard InChI is InChI=1S/C22H30O2/c1-3-17(23)24-22(4-2)10-13-8-16(22)21-15-9-14(20(13)21)18-11-5-6-12(7-11)19(15)18/h3,11-16,18-21H,1,4-10H2,2H3.